The molecule has 0 unspecified atom stereocenters. The van der Waals surface area contributed by atoms with Crippen LogP contribution in [0.4, 0.5) is 0 Å². The molecule has 14 aromatic carbocycles. The molecule has 1 aliphatic rings. The number of nitrogens with zero attached hydrogens (tertiary/aromatic N) is 4. The predicted octanol–water partition coefficient (Wildman–Crippen LogP) is 22.4. The minimum absolute atomic E-state index is 0.920. The summed E-state index contributed by atoms with van der Waals surface area (Å²) >= 11 is 0. The number of imidazole rings is 1. The Morgan fingerprint density at radius 3 is 1.22 bits per heavy atom. The average Bonchev–Trinajstić information content (AvgIpc) is 1.87. The molecular weight excluding hydrogens is 1060 g/mol. The number of rotatable bonds is 8. The van der Waals surface area contributed by atoms with Gasteiger partial charge in [-0.25, -0.2) is 4.98 Å². The highest BCUT2D eigenvalue weighted by molar-refractivity contribution is 6.25. The monoisotopic (exact) mass is 1120 g/mol. The summed E-state index contributed by atoms with van der Waals surface area (Å²) in [6.07, 6.45) is 8.04. The topological polar surface area (TPSA) is 27.7 Å². The summed E-state index contributed by atoms with van der Waals surface area (Å²) in [6, 6.07) is 108. The van der Waals surface area contributed by atoms with Crippen molar-refractivity contribution in [3.8, 4) is 73.0 Å². The summed E-state index contributed by atoms with van der Waals surface area (Å²) in [5, 5.41) is 13.6. The van der Waals surface area contributed by atoms with E-state index in [1.54, 1.807) is 0 Å². The summed E-state index contributed by atoms with van der Waals surface area (Å²) in [5.74, 6) is 0.920. The van der Waals surface area contributed by atoms with E-state index in [9.17, 15) is 0 Å². The van der Waals surface area contributed by atoms with Gasteiger partial charge in [0.25, 0.3) is 0 Å². The molecule has 4 nitrogen and oxygen atoms in total. The van der Waals surface area contributed by atoms with E-state index in [1.165, 1.54) is 132 Å². The first-order valence-electron chi connectivity index (χ1n) is 30.7. The molecule has 0 spiro atoms. The molecule has 4 heteroatoms. The third kappa shape index (κ3) is 7.75. The highest BCUT2D eigenvalue weighted by atomic mass is 15.1. The molecule has 18 rings (SSSR count). The van der Waals surface area contributed by atoms with E-state index in [0.717, 1.165) is 58.6 Å². The molecule has 0 saturated heterocycles. The lowest BCUT2D eigenvalue weighted by molar-refractivity contribution is 0.854. The van der Waals surface area contributed by atoms with Crippen LogP contribution in [0.5, 0.6) is 0 Å². The van der Waals surface area contributed by atoms with Crippen LogP contribution < -0.4 is 0 Å². The van der Waals surface area contributed by atoms with Crippen LogP contribution >= 0.6 is 0 Å². The van der Waals surface area contributed by atoms with Crippen molar-refractivity contribution in [2.45, 2.75) is 19.3 Å². The van der Waals surface area contributed by atoms with Crippen molar-refractivity contribution in [3.63, 3.8) is 0 Å². The summed E-state index contributed by atoms with van der Waals surface area (Å²) in [6.45, 7) is 0. The minimum Gasteiger partial charge on any atom is -0.310 e. The average molecular weight is 1120 g/mol. The van der Waals surface area contributed by atoms with Gasteiger partial charge in [-0.15, -0.1) is 0 Å². The molecule has 0 aliphatic heterocycles. The maximum Gasteiger partial charge on any atom is 0.145 e. The van der Waals surface area contributed by atoms with E-state index in [2.05, 4.69) is 317 Å². The quantitative estimate of drug-likeness (QED) is 0.139. The maximum absolute atomic E-state index is 5.22. The molecule has 0 saturated carbocycles. The molecule has 0 N–H and O–H groups in total. The van der Waals surface area contributed by atoms with Crippen LogP contribution in [0.2, 0.25) is 0 Å². The molecular formula is C84H56N4. The molecule has 3 aromatic heterocycles. The van der Waals surface area contributed by atoms with Crippen molar-refractivity contribution >= 4 is 92.9 Å². The van der Waals surface area contributed by atoms with Gasteiger partial charge in [0.1, 0.15) is 5.82 Å². The van der Waals surface area contributed by atoms with Gasteiger partial charge in [0, 0.05) is 44.5 Å². The Bertz CT molecular complexity index is 5570. The summed E-state index contributed by atoms with van der Waals surface area (Å²) in [7, 11) is 0. The molecule has 88 heavy (non-hydrogen) atoms. The lowest BCUT2D eigenvalue weighted by Crippen LogP contribution is -1.98. The fourth-order valence-electron chi connectivity index (χ4n) is 14.9. The minimum atomic E-state index is 0.920. The summed E-state index contributed by atoms with van der Waals surface area (Å²) in [5.41, 5.74) is 22.5. The van der Waals surface area contributed by atoms with Crippen molar-refractivity contribution in [1.82, 2.24) is 18.7 Å². The number of hydrogen-bond donors (Lipinski definition) is 0. The van der Waals surface area contributed by atoms with E-state index in [1.807, 2.05) is 0 Å². The molecule has 412 valence electrons. The van der Waals surface area contributed by atoms with Gasteiger partial charge in [-0.05, 0) is 191 Å². The number of aromatic nitrogens is 4. The Labute approximate surface area is 509 Å². The van der Waals surface area contributed by atoms with Gasteiger partial charge in [-0.1, -0.05) is 224 Å². The zero-order valence-corrected chi connectivity index (χ0v) is 48.3. The molecule has 0 fully saturated rings. The fraction of sp³-hybridized carbons (Fsp3) is 0.0357. The smallest absolute Gasteiger partial charge is 0.145 e. The highest BCUT2D eigenvalue weighted by Gasteiger charge is 2.24. The van der Waals surface area contributed by atoms with Crippen molar-refractivity contribution in [2.24, 2.45) is 0 Å². The number of aryl methyl sites for hydroxylation is 1. The van der Waals surface area contributed by atoms with Crippen LogP contribution in [-0.2, 0) is 6.42 Å². The SMILES string of the molecule is C1=Cc2c(c3ccccc3n2-c2ccc(-c3c4ccccc4c(-c4ccc(-n5c6ccccc6c6ccccc65)cc4)c4ccc(-c5c6ccccc6c(-c6ccc(-c7nc8ccccc8n7-c7ccccc7)cc6)c6ccccc56)cc34)cc2)CCC1. The number of para-hydroxylation sites is 6. The van der Waals surface area contributed by atoms with Crippen LogP contribution in [0.1, 0.15) is 24.1 Å². The first kappa shape index (κ1) is 50.0. The van der Waals surface area contributed by atoms with Crippen LogP contribution in [0, 0.1) is 0 Å². The first-order valence-corrected chi connectivity index (χ1v) is 30.7. The van der Waals surface area contributed by atoms with E-state index < -0.39 is 0 Å². The Hall–Kier alpha value is -11.3. The fourth-order valence-corrected chi connectivity index (χ4v) is 14.9. The lowest BCUT2D eigenvalue weighted by atomic mass is 9.82. The zero-order valence-electron chi connectivity index (χ0n) is 48.3. The van der Waals surface area contributed by atoms with Crippen LogP contribution in [0.3, 0.4) is 0 Å². The Morgan fingerprint density at radius 1 is 0.273 bits per heavy atom. The van der Waals surface area contributed by atoms with Gasteiger partial charge in [-0.3, -0.25) is 4.57 Å². The molecule has 1 aliphatic carbocycles. The predicted molar refractivity (Wildman–Crippen MR) is 371 cm³/mol. The van der Waals surface area contributed by atoms with Crippen molar-refractivity contribution < 1.29 is 0 Å². The lowest BCUT2D eigenvalue weighted by Gasteiger charge is -2.21. The van der Waals surface area contributed by atoms with E-state index in [-0.39, 0.29) is 0 Å². The third-order valence-electron chi connectivity index (χ3n) is 18.8. The second kappa shape index (κ2) is 20.2. The van der Waals surface area contributed by atoms with Gasteiger partial charge >= 0.3 is 0 Å². The second-order valence-electron chi connectivity index (χ2n) is 23.5. The molecule has 0 bridgehead atoms. The van der Waals surface area contributed by atoms with Gasteiger partial charge in [0.15, 0.2) is 0 Å². The van der Waals surface area contributed by atoms with Crippen LogP contribution in [0.15, 0.2) is 297 Å². The van der Waals surface area contributed by atoms with E-state index in [0.29, 0.717) is 0 Å². The van der Waals surface area contributed by atoms with Crippen molar-refractivity contribution in [3.05, 3.63) is 309 Å². The molecule has 17 aromatic rings. The normalized spacial score (nSPS) is 12.6. The van der Waals surface area contributed by atoms with Gasteiger partial charge in [0.05, 0.1) is 27.6 Å². The number of hydrogen-bond acceptors (Lipinski definition) is 1. The first-order chi connectivity index (χ1) is 43.7. The van der Waals surface area contributed by atoms with Crippen LogP contribution in [0.25, 0.3) is 166 Å². The van der Waals surface area contributed by atoms with Crippen molar-refractivity contribution in [1.29, 1.82) is 0 Å². The Balaban J connectivity index is 0.835. The molecule has 3 heterocycles. The van der Waals surface area contributed by atoms with Crippen molar-refractivity contribution in [2.75, 3.05) is 0 Å². The van der Waals surface area contributed by atoms with Crippen LogP contribution in [-0.4, -0.2) is 18.7 Å². The number of allylic oxidation sites excluding steroid dienone is 1. The maximum atomic E-state index is 5.22. The highest BCUT2D eigenvalue weighted by Crippen LogP contribution is 2.49. The zero-order chi connectivity index (χ0) is 57.8. The summed E-state index contributed by atoms with van der Waals surface area (Å²) < 4.78 is 7.17. The molecule has 0 amide bonds. The largest absolute Gasteiger partial charge is 0.310 e. The Morgan fingerprint density at radius 2 is 0.659 bits per heavy atom. The third-order valence-corrected chi connectivity index (χ3v) is 18.8. The number of fused-ring (bicyclic) bond motifs is 11. The Kier molecular flexibility index (Phi) is 11.5. The molecule has 0 radical (unpaired) electrons. The molecule has 0 atom stereocenters. The van der Waals surface area contributed by atoms with Gasteiger partial charge < -0.3 is 9.13 Å². The summed E-state index contributed by atoms with van der Waals surface area (Å²) in [4.78, 5) is 5.22. The second-order valence-corrected chi connectivity index (χ2v) is 23.5. The van der Waals surface area contributed by atoms with E-state index >= 15 is 0 Å². The standard InChI is InChI=1S/C84H56N4/c1-3-21-59(22-4-1)88-79-38-20-16-33-74(79)85-84(88)57-41-39-54(40-42-57)80-67-28-8-11-31-70(67)83(71-32-12-9-29-68(71)80)58-47-52-72-73(53-58)82(56-45-50-61(51-46-56)86-75-34-6-2-5-23-62(75)63-24-13-17-35-76(63)86)69-30-10-7-27-66(69)81(72)55-43-48-60(49-44-55)87-77-36-18-14-25-64(77)65-26-15-19-37-78(65)87/h1,3-4,6-22,24-53H,2,5,23H2. The number of benzene rings is 14. The van der Waals surface area contributed by atoms with E-state index in [4.69, 9.17) is 4.98 Å². The van der Waals surface area contributed by atoms with Gasteiger partial charge in [0.2, 0.25) is 0 Å². The van der Waals surface area contributed by atoms with Gasteiger partial charge in [-0.2, -0.15) is 0 Å².